The van der Waals surface area contributed by atoms with Gasteiger partial charge in [-0.05, 0) is 65.7 Å². The number of carbonyl (C=O) groups is 2. The number of methoxy groups -OCH3 is 1. The molecule has 240 valence electrons. The molecule has 0 heterocycles. The molecule has 0 radical (unpaired) electrons. The number of carbonyl (C=O) groups excluding carboxylic acids is 2. The van der Waals surface area contributed by atoms with E-state index in [0.717, 1.165) is 5.56 Å². The first-order valence-corrected chi connectivity index (χ1v) is 15.8. The zero-order valence-electron chi connectivity index (χ0n) is 25.3. The Morgan fingerprint density at radius 2 is 1.78 bits per heavy atom. The number of amides is 2. The Bertz CT molecular complexity index is 1580. The molecule has 12 nitrogen and oxygen atoms in total. The van der Waals surface area contributed by atoms with Gasteiger partial charge < -0.3 is 33.9 Å². The lowest BCUT2D eigenvalue weighted by Crippen LogP contribution is -2.30. The molecule has 0 spiro atoms. The molecule has 0 bridgehead atoms. The minimum atomic E-state index is -3.62. The van der Waals surface area contributed by atoms with Crippen molar-refractivity contribution in [2.24, 2.45) is 0 Å². The molecule has 14 heteroatoms. The van der Waals surface area contributed by atoms with Crippen molar-refractivity contribution in [1.82, 2.24) is 4.90 Å². The van der Waals surface area contributed by atoms with Gasteiger partial charge in [0, 0.05) is 19.8 Å². The Balaban J connectivity index is 1.46. The molecule has 0 aromatic heterocycles. The third-order valence-corrected chi connectivity index (χ3v) is 9.55. The third kappa shape index (κ3) is 9.28. The van der Waals surface area contributed by atoms with Crippen molar-refractivity contribution < 1.29 is 47.0 Å². The maximum atomic E-state index is 13.2. The number of benzene rings is 3. The van der Waals surface area contributed by atoms with Gasteiger partial charge in [-0.1, -0.05) is 48.5 Å². The molecule has 45 heavy (non-hydrogen) atoms. The van der Waals surface area contributed by atoms with Gasteiger partial charge in [-0.2, -0.15) is 0 Å². The van der Waals surface area contributed by atoms with Crippen molar-refractivity contribution in [3.63, 3.8) is 0 Å². The number of hydrogen-bond acceptors (Lipinski definition) is 10. The summed E-state index contributed by atoms with van der Waals surface area (Å²) in [6, 6.07) is 18.3. The highest BCUT2D eigenvalue weighted by Crippen LogP contribution is 2.36. The average Bonchev–Trinajstić information content (AvgIpc) is 3.87. The van der Waals surface area contributed by atoms with E-state index in [-0.39, 0.29) is 37.1 Å². The first-order valence-electron chi connectivity index (χ1n) is 14.3. The lowest BCUT2D eigenvalue weighted by Gasteiger charge is -2.21. The summed E-state index contributed by atoms with van der Waals surface area (Å²) in [6.07, 6.45) is -1.04. The molecule has 4 rings (SSSR count). The Kier molecular flexibility index (Phi) is 11.6. The molecule has 1 saturated carbocycles. The van der Waals surface area contributed by atoms with Crippen LogP contribution in [0.4, 0.5) is 15.3 Å². The van der Waals surface area contributed by atoms with E-state index in [2.05, 4.69) is 5.32 Å². The highest BCUT2D eigenvalue weighted by molar-refractivity contribution is 7.92. The van der Waals surface area contributed by atoms with E-state index < -0.39 is 40.5 Å². The summed E-state index contributed by atoms with van der Waals surface area (Å²) in [4.78, 5) is 26.9. The molecule has 3 N–H and O–H groups in total. The van der Waals surface area contributed by atoms with Gasteiger partial charge in [0.05, 0.1) is 16.7 Å². The summed E-state index contributed by atoms with van der Waals surface area (Å²) >= 11 is 0. The van der Waals surface area contributed by atoms with Crippen LogP contribution < -0.4 is 10.8 Å². The van der Waals surface area contributed by atoms with E-state index in [4.69, 9.17) is 18.9 Å². The van der Waals surface area contributed by atoms with Crippen LogP contribution in [0.1, 0.15) is 41.2 Å². The second-order valence-corrected chi connectivity index (χ2v) is 12.9. The lowest BCUT2D eigenvalue weighted by atomic mass is 9.78. The second-order valence-electron chi connectivity index (χ2n) is 10.7. The normalized spacial score (nSPS) is 13.5. The Morgan fingerprint density at radius 1 is 1.04 bits per heavy atom. The smallest absolute Gasteiger partial charge is 0.446 e. The number of nitrogens with zero attached hydrogens (tertiary/aromatic N) is 1. The number of aryl methyl sites for hydroxylation is 1. The van der Waals surface area contributed by atoms with Crippen LogP contribution in [0, 0.1) is 6.92 Å². The molecule has 0 saturated heterocycles. The average molecular weight is 641 g/mol. The highest BCUT2D eigenvalue weighted by atomic mass is 32.2. The number of nitrogens with one attached hydrogen (secondary N) is 1. The van der Waals surface area contributed by atoms with E-state index in [1.165, 1.54) is 43.3 Å². The van der Waals surface area contributed by atoms with Crippen molar-refractivity contribution in [3.05, 3.63) is 89.0 Å². The van der Waals surface area contributed by atoms with Crippen LogP contribution in [0.15, 0.2) is 71.6 Å². The first-order chi connectivity index (χ1) is 21.5. The predicted molar refractivity (Wildman–Crippen MR) is 166 cm³/mol. The molecule has 1 atom stereocenters. The van der Waals surface area contributed by atoms with Crippen LogP contribution >= 0.6 is 0 Å². The van der Waals surface area contributed by atoms with Crippen molar-refractivity contribution >= 4 is 40.3 Å². The van der Waals surface area contributed by atoms with Crippen LogP contribution in [0.25, 0.3) is 0 Å². The fraction of sp³-hybridized carbons (Fsp3) is 0.355. The van der Waals surface area contributed by atoms with Crippen molar-refractivity contribution in [3.8, 4) is 0 Å². The molecule has 0 unspecified atom stereocenters. The summed E-state index contributed by atoms with van der Waals surface area (Å²) < 4.78 is 47.9. The largest absolute Gasteiger partial charge is 0.488 e. The summed E-state index contributed by atoms with van der Waals surface area (Å²) in [7, 11) is -2.30. The van der Waals surface area contributed by atoms with Crippen LogP contribution in [-0.4, -0.2) is 75.5 Å². The molecule has 3 aromatic carbocycles. The SMILES string of the molecule is COCO[C@@H](COC(=O)Nc1ccc(S(=O)(=O)C2CC2)c(CN(C)C(=O)OCc2ccccc2)c1)c1ccc(B(O)O)cc1C. The predicted octanol–water partition coefficient (Wildman–Crippen LogP) is 3.29. The molecular weight excluding hydrogens is 603 g/mol. The highest BCUT2D eigenvalue weighted by Gasteiger charge is 2.38. The zero-order chi connectivity index (χ0) is 32.6. The van der Waals surface area contributed by atoms with E-state index in [1.54, 1.807) is 19.1 Å². The van der Waals surface area contributed by atoms with Gasteiger partial charge in [0.1, 0.15) is 26.1 Å². The van der Waals surface area contributed by atoms with Gasteiger partial charge >= 0.3 is 19.3 Å². The van der Waals surface area contributed by atoms with Gasteiger partial charge in [-0.15, -0.1) is 0 Å². The first kappa shape index (κ1) is 33.9. The van der Waals surface area contributed by atoms with E-state index >= 15 is 0 Å². The Labute approximate surface area is 262 Å². The van der Waals surface area contributed by atoms with Crippen molar-refractivity contribution in [2.45, 2.75) is 49.2 Å². The van der Waals surface area contributed by atoms with Gasteiger partial charge in [0.15, 0.2) is 9.84 Å². The van der Waals surface area contributed by atoms with E-state index in [9.17, 15) is 28.1 Å². The minimum Gasteiger partial charge on any atom is -0.446 e. The number of hydrogen-bond donors (Lipinski definition) is 3. The number of anilines is 1. The number of rotatable bonds is 14. The van der Waals surface area contributed by atoms with Gasteiger partial charge in [-0.25, -0.2) is 18.0 Å². The summed E-state index contributed by atoms with van der Waals surface area (Å²) in [5.41, 5.74) is 3.05. The second kappa shape index (κ2) is 15.4. The molecule has 3 aromatic rings. The zero-order valence-corrected chi connectivity index (χ0v) is 26.2. The maximum absolute atomic E-state index is 13.2. The number of ether oxygens (including phenoxy) is 4. The van der Waals surface area contributed by atoms with Crippen LogP contribution in [0.3, 0.4) is 0 Å². The number of sulfone groups is 1. The van der Waals surface area contributed by atoms with Crippen LogP contribution in [0.5, 0.6) is 0 Å². The quantitative estimate of drug-likeness (QED) is 0.176. The fourth-order valence-electron chi connectivity index (χ4n) is 4.67. The Hall–Kier alpha value is -3.95. The summed E-state index contributed by atoms with van der Waals surface area (Å²) in [5, 5.41) is 21.1. The summed E-state index contributed by atoms with van der Waals surface area (Å²) in [6.45, 7) is 1.46. The summed E-state index contributed by atoms with van der Waals surface area (Å²) in [5.74, 6) is 0. The molecule has 1 aliphatic rings. The van der Waals surface area contributed by atoms with Gasteiger partial charge in [0.25, 0.3) is 0 Å². The minimum absolute atomic E-state index is 0.0623. The van der Waals surface area contributed by atoms with Crippen LogP contribution in [-0.2, 0) is 41.9 Å². The maximum Gasteiger partial charge on any atom is 0.488 e. The van der Waals surface area contributed by atoms with E-state index in [0.29, 0.717) is 35.0 Å². The lowest BCUT2D eigenvalue weighted by molar-refractivity contribution is -0.0894. The molecular formula is C31H37BN2O10S. The third-order valence-electron chi connectivity index (χ3n) is 7.19. The van der Waals surface area contributed by atoms with Crippen LogP contribution in [0.2, 0.25) is 0 Å². The molecule has 1 aliphatic carbocycles. The molecule has 0 aliphatic heterocycles. The monoisotopic (exact) mass is 640 g/mol. The van der Waals surface area contributed by atoms with Crippen molar-refractivity contribution in [2.75, 3.05) is 32.9 Å². The van der Waals surface area contributed by atoms with Gasteiger partial charge in [0.2, 0.25) is 0 Å². The molecule has 1 fully saturated rings. The van der Waals surface area contributed by atoms with Crippen molar-refractivity contribution in [1.29, 1.82) is 0 Å². The Morgan fingerprint density at radius 3 is 2.42 bits per heavy atom. The molecule has 2 amide bonds. The topological polar surface area (TPSA) is 161 Å². The van der Waals surface area contributed by atoms with E-state index in [1.807, 2.05) is 30.3 Å². The van der Waals surface area contributed by atoms with Gasteiger partial charge in [-0.3, -0.25) is 5.32 Å². The standard InChI is InChI=1S/C31H37BN2O10S/c1-21-15-24(32(37)38)9-13-27(21)28(44-20-41-3)19-42-30(35)33-25-10-14-29(45(39,40)26-11-12-26)23(16-25)17-34(2)31(36)43-18-22-7-5-4-6-8-22/h4-10,13-16,26,28,37-38H,11-12,17-20H2,1-3H3,(H,33,35)/t28-/m0/s1. The fourth-order valence-corrected chi connectivity index (χ4v) is 6.53.